The van der Waals surface area contributed by atoms with E-state index in [1.165, 1.54) is 12.1 Å². The fourth-order valence-electron chi connectivity index (χ4n) is 1.64. The van der Waals surface area contributed by atoms with Crippen LogP contribution in [0.4, 0.5) is 18.9 Å². The average Bonchev–Trinajstić information content (AvgIpc) is 2.37. The van der Waals surface area contributed by atoms with Crippen molar-refractivity contribution < 1.29 is 23.1 Å². The van der Waals surface area contributed by atoms with Crippen LogP contribution in [0.15, 0.2) is 36.4 Å². The van der Waals surface area contributed by atoms with E-state index in [0.29, 0.717) is 18.5 Å². The summed E-state index contributed by atoms with van der Waals surface area (Å²) in [6, 6.07) is 3.48. The smallest absolute Gasteiger partial charge is 0.416 e. The quantitative estimate of drug-likeness (QED) is 0.779. The molecule has 3 nitrogen and oxygen atoms in total. The average molecular weight is 287 g/mol. The number of anilines is 1. The van der Waals surface area contributed by atoms with Crippen molar-refractivity contribution in [2.45, 2.75) is 32.0 Å². The Morgan fingerprint density at radius 1 is 1.35 bits per heavy atom. The molecule has 1 atom stereocenters. The molecule has 6 heteroatoms. The Morgan fingerprint density at radius 3 is 2.40 bits per heavy atom. The summed E-state index contributed by atoms with van der Waals surface area (Å²) in [5.74, 6) is -1.03. The van der Waals surface area contributed by atoms with E-state index >= 15 is 0 Å². The summed E-state index contributed by atoms with van der Waals surface area (Å²) >= 11 is 0. The summed E-state index contributed by atoms with van der Waals surface area (Å²) in [7, 11) is 0. The maximum absolute atomic E-state index is 12.4. The van der Waals surface area contributed by atoms with Crippen molar-refractivity contribution in [3.05, 3.63) is 42.0 Å². The van der Waals surface area contributed by atoms with Crippen LogP contribution in [0.2, 0.25) is 0 Å². The molecule has 0 bridgehead atoms. The molecule has 0 aliphatic carbocycles. The van der Waals surface area contributed by atoms with Gasteiger partial charge in [-0.05, 0) is 44.0 Å². The molecule has 0 saturated heterocycles. The SMILES string of the molecule is CC=CCCC(Nc1ccc(C(F)(F)F)cc1)C(=O)O. The summed E-state index contributed by atoms with van der Waals surface area (Å²) in [6.07, 6.45) is 0.208. The maximum atomic E-state index is 12.4. The summed E-state index contributed by atoms with van der Waals surface area (Å²) in [6.45, 7) is 1.83. The van der Waals surface area contributed by atoms with Crippen molar-refractivity contribution in [1.29, 1.82) is 0 Å². The number of benzene rings is 1. The summed E-state index contributed by atoms with van der Waals surface area (Å²) < 4.78 is 37.2. The predicted molar refractivity (Wildman–Crippen MR) is 70.5 cm³/mol. The third-order valence-electron chi connectivity index (χ3n) is 2.71. The van der Waals surface area contributed by atoms with Crippen molar-refractivity contribution in [3.8, 4) is 0 Å². The molecule has 0 amide bonds. The summed E-state index contributed by atoms with van der Waals surface area (Å²) in [5, 5.41) is 11.8. The van der Waals surface area contributed by atoms with E-state index in [1.54, 1.807) is 0 Å². The summed E-state index contributed by atoms with van der Waals surface area (Å²) in [4.78, 5) is 11.1. The minimum absolute atomic E-state index is 0.353. The first-order chi connectivity index (χ1) is 9.34. The Bertz CT molecular complexity index is 466. The molecule has 0 spiro atoms. The highest BCUT2D eigenvalue weighted by Gasteiger charge is 2.30. The number of rotatable bonds is 6. The minimum atomic E-state index is -4.39. The second-order valence-corrected chi connectivity index (χ2v) is 4.26. The Hall–Kier alpha value is -1.98. The molecular weight excluding hydrogens is 271 g/mol. The number of carbonyl (C=O) groups is 1. The van der Waals surface area contributed by atoms with E-state index in [9.17, 15) is 18.0 Å². The molecule has 1 unspecified atom stereocenters. The van der Waals surface area contributed by atoms with Gasteiger partial charge in [0.2, 0.25) is 0 Å². The molecule has 1 aromatic carbocycles. The molecule has 2 N–H and O–H groups in total. The monoisotopic (exact) mass is 287 g/mol. The molecule has 0 radical (unpaired) electrons. The van der Waals surface area contributed by atoms with Crippen LogP contribution in [-0.4, -0.2) is 17.1 Å². The fraction of sp³-hybridized carbons (Fsp3) is 0.357. The van der Waals surface area contributed by atoms with E-state index in [1.807, 2.05) is 19.1 Å². The second kappa shape index (κ2) is 6.98. The highest BCUT2D eigenvalue weighted by atomic mass is 19.4. The third kappa shape index (κ3) is 4.95. The zero-order chi connectivity index (χ0) is 15.2. The zero-order valence-electron chi connectivity index (χ0n) is 10.9. The van der Waals surface area contributed by atoms with Crippen molar-refractivity contribution >= 4 is 11.7 Å². The van der Waals surface area contributed by atoms with E-state index in [4.69, 9.17) is 5.11 Å². The molecule has 0 aliphatic rings. The van der Waals surface area contributed by atoms with Gasteiger partial charge in [0.1, 0.15) is 6.04 Å². The van der Waals surface area contributed by atoms with Crippen LogP contribution in [0, 0.1) is 0 Å². The van der Waals surface area contributed by atoms with Crippen molar-refractivity contribution in [2.75, 3.05) is 5.32 Å². The first-order valence-corrected chi connectivity index (χ1v) is 6.12. The number of aliphatic carboxylic acids is 1. The Morgan fingerprint density at radius 2 is 1.95 bits per heavy atom. The van der Waals surface area contributed by atoms with E-state index < -0.39 is 23.8 Å². The summed E-state index contributed by atoms with van der Waals surface area (Å²) in [5.41, 5.74) is -0.408. The first-order valence-electron chi connectivity index (χ1n) is 6.12. The van der Waals surface area contributed by atoms with Crippen LogP contribution < -0.4 is 5.32 Å². The van der Waals surface area contributed by atoms with Crippen molar-refractivity contribution in [2.24, 2.45) is 0 Å². The normalized spacial score (nSPS) is 13.4. The fourth-order valence-corrected chi connectivity index (χ4v) is 1.64. The van der Waals surface area contributed by atoms with Gasteiger partial charge in [-0.1, -0.05) is 12.2 Å². The van der Waals surface area contributed by atoms with Crippen molar-refractivity contribution in [3.63, 3.8) is 0 Å². The van der Waals surface area contributed by atoms with Gasteiger partial charge in [-0.15, -0.1) is 0 Å². The third-order valence-corrected chi connectivity index (χ3v) is 2.71. The predicted octanol–water partition coefficient (Wildman–Crippen LogP) is 3.93. The number of hydrogen-bond acceptors (Lipinski definition) is 2. The van der Waals surface area contributed by atoms with E-state index in [-0.39, 0.29) is 0 Å². The van der Waals surface area contributed by atoms with Gasteiger partial charge in [0, 0.05) is 5.69 Å². The van der Waals surface area contributed by atoms with Gasteiger partial charge in [0.15, 0.2) is 0 Å². The molecule has 1 rings (SSSR count). The Labute approximate surface area is 115 Å². The molecule has 0 fully saturated rings. The highest BCUT2D eigenvalue weighted by Crippen LogP contribution is 2.29. The van der Waals surface area contributed by atoms with Gasteiger partial charge in [0.05, 0.1) is 5.56 Å². The van der Waals surface area contributed by atoms with Crippen LogP contribution in [-0.2, 0) is 11.0 Å². The van der Waals surface area contributed by atoms with Gasteiger partial charge in [-0.3, -0.25) is 0 Å². The lowest BCUT2D eigenvalue weighted by Crippen LogP contribution is -2.29. The molecule has 0 aliphatic heterocycles. The van der Waals surface area contributed by atoms with E-state index in [2.05, 4.69) is 5.32 Å². The van der Waals surface area contributed by atoms with Gasteiger partial charge < -0.3 is 10.4 Å². The number of carboxylic acids is 1. The molecule has 0 saturated carbocycles. The molecule has 1 aromatic rings. The van der Waals surface area contributed by atoms with Gasteiger partial charge in [-0.2, -0.15) is 13.2 Å². The van der Waals surface area contributed by atoms with Gasteiger partial charge in [-0.25, -0.2) is 4.79 Å². The largest absolute Gasteiger partial charge is 0.480 e. The number of hydrogen-bond donors (Lipinski definition) is 2. The Balaban J connectivity index is 2.71. The molecule has 110 valence electrons. The first kappa shape index (κ1) is 16.1. The maximum Gasteiger partial charge on any atom is 0.416 e. The lowest BCUT2D eigenvalue weighted by Gasteiger charge is -2.15. The zero-order valence-corrected chi connectivity index (χ0v) is 10.9. The number of halogens is 3. The number of carboxylic acid groups (broad SMARTS) is 1. The number of allylic oxidation sites excluding steroid dienone is 2. The topological polar surface area (TPSA) is 49.3 Å². The molecule has 0 aromatic heterocycles. The van der Waals surface area contributed by atoms with Crippen LogP contribution in [0.5, 0.6) is 0 Å². The Kier molecular flexibility index (Phi) is 5.61. The van der Waals surface area contributed by atoms with Crippen LogP contribution in [0.3, 0.4) is 0 Å². The number of alkyl halides is 3. The van der Waals surface area contributed by atoms with Crippen LogP contribution >= 0.6 is 0 Å². The van der Waals surface area contributed by atoms with Crippen LogP contribution in [0.25, 0.3) is 0 Å². The van der Waals surface area contributed by atoms with Crippen LogP contribution in [0.1, 0.15) is 25.3 Å². The highest BCUT2D eigenvalue weighted by molar-refractivity contribution is 5.77. The number of nitrogens with one attached hydrogen (secondary N) is 1. The van der Waals surface area contributed by atoms with Crippen molar-refractivity contribution in [1.82, 2.24) is 0 Å². The standard InChI is InChI=1S/C14H16F3NO2/c1-2-3-4-5-12(13(19)20)18-11-8-6-10(7-9-11)14(15,16)17/h2-3,6-9,12,18H,4-5H2,1H3,(H,19,20). The second-order valence-electron chi connectivity index (χ2n) is 4.26. The van der Waals surface area contributed by atoms with Gasteiger partial charge >= 0.3 is 12.1 Å². The lowest BCUT2D eigenvalue weighted by molar-refractivity contribution is -0.138. The lowest BCUT2D eigenvalue weighted by atomic mass is 10.1. The van der Waals surface area contributed by atoms with Gasteiger partial charge in [0.25, 0.3) is 0 Å². The molecule has 20 heavy (non-hydrogen) atoms. The minimum Gasteiger partial charge on any atom is -0.480 e. The molecule has 0 heterocycles. The van der Waals surface area contributed by atoms with E-state index in [0.717, 1.165) is 12.1 Å². The molecular formula is C14H16F3NO2.